The van der Waals surface area contributed by atoms with Crippen molar-refractivity contribution >= 4 is 33.1 Å². The van der Waals surface area contributed by atoms with Crippen LogP contribution in [0.5, 0.6) is 0 Å². The van der Waals surface area contributed by atoms with Gasteiger partial charge in [0, 0.05) is 33.9 Å². The van der Waals surface area contributed by atoms with E-state index in [4.69, 9.17) is 0 Å². The summed E-state index contributed by atoms with van der Waals surface area (Å²) >= 11 is 1.67. The first-order chi connectivity index (χ1) is 6.45. The second-order valence-electron chi connectivity index (χ2n) is 2.87. The van der Waals surface area contributed by atoms with Crippen LogP contribution in [0.1, 0.15) is 0 Å². The molecular weight excluding hydrogens is 180 g/mol. The molecule has 62 valence electrons. The Morgan fingerprint density at radius 3 is 3.15 bits per heavy atom. The summed E-state index contributed by atoms with van der Waals surface area (Å²) in [6, 6.07) is 3.97. The predicted molar refractivity (Wildman–Crippen MR) is 54.9 cm³/mol. The van der Waals surface area contributed by atoms with Crippen LogP contribution in [0.15, 0.2) is 35.3 Å². The predicted octanol–water partition coefficient (Wildman–Crippen LogP) is 2.84. The van der Waals surface area contributed by atoms with E-state index in [0.29, 0.717) is 0 Å². The van der Waals surface area contributed by atoms with E-state index >= 15 is 0 Å². The Bertz CT molecular complexity index is 571. The van der Waals surface area contributed by atoms with Gasteiger partial charge in [-0.05, 0) is 12.1 Å². The Labute approximate surface area is 78.9 Å². The van der Waals surface area contributed by atoms with Gasteiger partial charge in [0.2, 0.25) is 0 Å². The molecule has 0 bridgehead atoms. The van der Waals surface area contributed by atoms with Gasteiger partial charge >= 0.3 is 0 Å². The molecule has 0 saturated heterocycles. The highest BCUT2D eigenvalue weighted by Gasteiger charge is 2.01. The Kier molecular flexibility index (Phi) is 1.34. The summed E-state index contributed by atoms with van der Waals surface area (Å²) in [6.45, 7) is 0. The summed E-state index contributed by atoms with van der Waals surface area (Å²) < 4.78 is 0. The van der Waals surface area contributed by atoms with Gasteiger partial charge in [-0.2, -0.15) is 0 Å². The lowest BCUT2D eigenvalue weighted by Gasteiger charge is -1.95. The van der Waals surface area contributed by atoms with Crippen molar-refractivity contribution in [2.45, 2.75) is 0 Å². The van der Waals surface area contributed by atoms with Crippen molar-refractivity contribution in [2.24, 2.45) is 0 Å². The van der Waals surface area contributed by atoms with Gasteiger partial charge in [0.25, 0.3) is 0 Å². The van der Waals surface area contributed by atoms with E-state index < -0.39 is 0 Å². The minimum absolute atomic E-state index is 1.04. The molecule has 0 unspecified atom stereocenters. The molecule has 0 radical (unpaired) electrons. The Morgan fingerprint density at radius 1 is 1.15 bits per heavy atom. The largest absolute Gasteiger partial charge is 0.255 e. The molecule has 0 saturated carbocycles. The second kappa shape index (κ2) is 2.50. The molecule has 0 N–H and O–H groups in total. The van der Waals surface area contributed by atoms with E-state index in [1.165, 1.54) is 0 Å². The average Bonchev–Trinajstić information content (AvgIpc) is 2.65. The van der Waals surface area contributed by atoms with Gasteiger partial charge < -0.3 is 0 Å². The van der Waals surface area contributed by atoms with Crippen LogP contribution in [0.25, 0.3) is 21.8 Å². The molecule has 13 heavy (non-hydrogen) atoms. The van der Waals surface area contributed by atoms with Crippen LogP contribution in [0, 0.1) is 0 Å². The van der Waals surface area contributed by atoms with E-state index in [-0.39, 0.29) is 0 Å². The van der Waals surface area contributed by atoms with Gasteiger partial charge in [-0.1, -0.05) is 0 Å². The summed E-state index contributed by atoms with van der Waals surface area (Å²) in [7, 11) is 0. The highest BCUT2D eigenvalue weighted by Crippen LogP contribution is 2.23. The molecule has 2 nitrogen and oxygen atoms in total. The lowest BCUT2D eigenvalue weighted by Crippen LogP contribution is -1.80. The molecule has 3 heterocycles. The molecule has 3 heteroatoms. The highest BCUT2D eigenvalue weighted by molar-refractivity contribution is 7.09. The fraction of sp³-hybridized carbons (Fsp3) is 0. The summed E-state index contributed by atoms with van der Waals surface area (Å²) in [5.41, 5.74) is 2.09. The van der Waals surface area contributed by atoms with E-state index in [1.807, 2.05) is 29.9 Å². The van der Waals surface area contributed by atoms with Crippen LogP contribution < -0.4 is 0 Å². The number of pyridine rings is 2. The lowest BCUT2D eigenvalue weighted by atomic mass is 10.2. The molecule has 3 rings (SSSR count). The molecule has 0 atom stereocenters. The number of hydrogen-bond donors (Lipinski definition) is 0. The van der Waals surface area contributed by atoms with E-state index in [1.54, 1.807) is 11.3 Å². The Hall–Kier alpha value is -1.48. The van der Waals surface area contributed by atoms with Crippen molar-refractivity contribution in [1.82, 2.24) is 9.97 Å². The van der Waals surface area contributed by atoms with Gasteiger partial charge in [-0.25, -0.2) is 0 Å². The molecule has 0 aliphatic carbocycles. The van der Waals surface area contributed by atoms with Crippen LogP contribution in [0.4, 0.5) is 0 Å². The maximum absolute atomic E-state index is 4.35. The molecular formula is C10H6N2S. The Morgan fingerprint density at radius 2 is 2.15 bits per heavy atom. The first-order valence-corrected chi connectivity index (χ1v) is 4.95. The third-order valence-electron chi connectivity index (χ3n) is 2.08. The number of fused-ring (bicyclic) bond motifs is 3. The zero-order valence-electron chi connectivity index (χ0n) is 6.77. The number of thiophene rings is 1. The zero-order chi connectivity index (χ0) is 8.67. The summed E-state index contributed by atoms with van der Waals surface area (Å²) in [4.78, 5) is 8.69. The fourth-order valence-electron chi connectivity index (χ4n) is 1.45. The van der Waals surface area contributed by atoms with Crippen LogP contribution in [-0.4, -0.2) is 9.97 Å². The standard InChI is InChI=1S/C10H6N2S/c1-2-7-4-12-9-6-13-5-8(9)10(7)11-3-1/h1-6H. The van der Waals surface area contributed by atoms with Crippen LogP contribution in [-0.2, 0) is 0 Å². The van der Waals surface area contributed by atoms with E-state index in [9.17, 15) is 0 Å². The van der Waals surface area contributed by atoms with Crippen molar-refractivity contribution in [1.29, 1.82) is 0 Å². The molecule has 0 aliphatic heterocycles. The number of rotatable bonds is 0. The number of aromatic nitrogens is 2. The smallest absolute Gasteiger partial charge is 0.0831 e. The van der Waals surface area contributed by atoms with Crippen molar-refractivity contribution in [3.05, 3.63) is 35.3 Å². The maximum Gasteiger partial charge on any atom is 0.0831 e. The van der Waals surface area contributed by atoms with Gasteiger partial charge in [0.15, 0.2) is 0 Å². The Balaban J connectivity index is 2.65. The van der Waals surface area contributed by atoms with Crippen molar-refractivity contribution < 1.29 is 0 Å². The molecule has 0 aliphatic rings. The number of hydrogen-bond acceptors (Lipinski definition) is 3. The van der Waals surface area contributed by atoms with Crippen molar-refractivity contribution in [2.75, 3.05) is 0 Å². The molecule has 3 aromatic rings. The molecule has 0 fully saturated rings. The van der Waals surface area contributed by atoms with E-state index in [2.05, 4.69) is 15.3 Å². The topological polar surface area (TPSA) is 25.8 Å². The normalized spacial score (nSPS) is 11.1. The zero-order valence-corrected chi connectivity index (χ0v) is 7.58. The minimum Gasteiger partial charge on any atom is -0.255 e. The average molecular weight is 186 g/mol. The van der Waals surface area contributed by atoms with Crippen LogP contribution in [0.2, 0.25) is 0 Å². The quantitative estimate of drug-likeness (QED) is 0.539. The SMILES string of the molecule is c1cnc2c(c1)cnc1cscc12. The summed E-state index contributed by atoms with van der Waals surface area (Å²) in [5, 5.41) is 6.40. The molecule has 0 amide bonds. The van der Waals surface area contributed by atoms with Gasteiger partial charge in [-0.15, -0.1) is 11.3 Å². The van der Waals surface area contributed by atoms with Gasteiger partial charge in [0.1, 0.15) is 0 Å². The minimum atomic E-state index is 1.04. The lowest BCUT2D eigenvalue weighted by molar-refractivity contribution is 1.39. The van der Waals surface area contributed by atoms with Crippen LogP contribution >= 0.6 is 11.3 Å². The third-order valence-corrected chi connectivity index (χ3v) is 2.81. The van der Waals surface area contributed by atoms with Gasteiger partial charge in [-0.3, -0.25) is 9.97 Å². The first-order valence-electron chi connectivity index (χ1n) is 4.01. The monoisotopic (exact) mass is 186 g/mol. The van der Waals surface area contributed by atoms with Crippen molar-refractivity contribution in [3.63, 3.8) is 0 Å². The van der Waals surface area contributed by atoms with Gasteiger partial charge in [0.05, 0.1) is 11.0 Å². The molecule has 3 aromatic heterocycles. The maximum atomic E-state index is 4.35. The van der Waals surface area contributed by atoms with Crippen molar-refractivity contribution in [3.8, 4) is 0 Å². The summed E-state index contributed by atoms with van der Waals surface area (Å²) in [5.74, 6) is 0. The first kappa shape index (κ1) is 6.97. The molecule has 0 aromatic carbocycles. The van der Waals surface area contributed by atoms with E-state index in [0.717, 1.165) is 21.8 Å². The van der Waals surface area contributed by atoms with Crippen LogP contribution in [0.3, 0.4) is 0 Å². The highest BCUT2D eigenvalue weighted by atomic mass is 32.1. The number of nitrogens with zero attached hydrogens (tertiary/aromatic N) is 2. The third kappa shape index (κ3) is 0.939. The second-order valence-corrected chi connectivity index (χ2v) is 3.61. The molecule has 0 spiro atoms. The fourth-order valence-corrected chi connectivity index (χ4v) is 2.21. The summed E-state index contributed by atoms with van der Waals surface area (Å²) in [6.07, 6.45) is 3.69.